The van der Waals surface area contributed by atoms with Crippen LogP contribution in [-0.2, 0) is 10.0 Å². The van der Waals surface area contributed by atoms with Gasteiger partial charge in [-0.1, -0.05) is 12.1 Å². The molecule has 0 aromatic heterocycles. The highest BCUT2D eigenvalue weighted by molar-refractivity contribution is 7.89. The van der Waals surface area contributed by atoms with Crippen molar-refractivity contribution in [1.82, 2.24) is 0 Å². The molecule has 0 bridgehead atoms. The van der Waals surface area contributed by atoms with Crippen LogP contribution in [0.1, 0.15) is 11.1 Å². The summed E-state index contributed by atoms with van der Waals surface area (Å²) in [5.74, 6) is 0. The normalized spacial score (nSPS) is 20.3. The molecule has 2 N–H and O–H groups in total. The minimum Gasteiger partial charge on any atom is -0.265 e. The van der Waals surface area contributed by atoms with Crippen molar-refractivity contribution in [2.75, 3.05) is 0 Å². The van der Waals surface area contributed by atoms with Gasteiger partial charge in [-0.05, 0) is 35.4 Å². The minimum absolute atomic E-state index is 0.113. The summed E-state index contributed by atoms with van der Waals surface area (Å²) >= 11 is 0. The molecule has 2 rings (SSSR count). The minimum atomic E-state index is -3.65. The second-order valence-corrected chi connectivity index (χ2v) is 4.87. The van der Waals surface area contributed by atoms with Gasteiger partial charge >= 0.3 is 0 Å². The lowest BCUT2D eigenvalue weighted by Crippen LogP contribution is -2.12. The van der Waals surface area contributed by atoms with Gasteiger partial charge in [0, 0.05) is 12.4 Å². The van der Waals surface area contributed by atoms with E-state index in [1.165, 1.54) is 6.07 Å². The van der Waals surface area contributed by atoms with Crippen molar-refractivity contribution in [3.05, 3.63) is 41.6 Å². The Morgan fingerprint density at radius 1 is 1.12 bits per heavy atom. The van der Waals surface area contributed by atoms with Crippen LogP contribution in [0.4, 0.5) is 0 Å². The van der Waals surface area contributed by atoms with E-state index in [0.717, 1.165) is 11.1 Å². The molecule has 0 amide bonds. The van der Waals surface area contributed by atoms with Gasteiger partial charge in [0.25, 0.3) is 0 Å². The van der Waals surface area contributed by atoms with Gasteiger partial charge in [0.05, 0.1) is 4.90 Å². The SMILES string of the molecule is NS(=O)(=O)c1ccc2c(c1)\C=C/C=N\C=C/2. The second kappa shape index (κ2) is 4.03. The topological polar surface area (TPSA) is 72.5 Å². The summed E-state index contributed by atoms with van der Waals surface area (Å²) in [5.41, 5.74) is 1.70. The number of nitrogens with zero attached hydrogens (tertiary/aromatic N) is 1. The molecule has 4 nitrogen and oxygen atoms in total. The van der Waals surface area contributed by atoms with Gasteiger partial charge in [0.2, 0.25) is 10.0 Å². The first-order valence-electron chi connectivity index (χ1n) is 4.60. The van der Waals surface area contributed by atoms with Gasteiger partial charge in [-0.3, -0.25) is 4.99 Å². The molecule has 16 heavy (non-hydrogen) atoms. The Kier molecular flexibility index (Phi) is 2.72. The molecule has 0 atom stereocenters. The molecule has 0 radical (unpaired) electrons. The number of fused-ring (bicyclic) bond motifs is 1. The van der Waals surface area contributed by atoms with Gasteiger partial charge in [-0.15, -0.1) is 0 Å². The first kappa shape index (κ1) is 10.8. The number of allylic oxidation sites excluding steroid dienone is 1. The fourth-order valence-electron chi connectivity index (χ4n) is 1.40. The Labute approximate surface area is 93.9 Å². The van der Waals surface area contributed by atoms with Crippen molar-refractivity contribution < 1.29 is 8.42 Å². The van der Waals surface area contributed by atoms with Crippen LogP contribution in [-0.4, -0.2) is 14.6 Å². The fraction of sp³-hybridized carbons (Fsp3) is 0. The van der Waals surface area contributed by atoms with Crippen LogP contribution in [0, 0.1) is 0 Å². The molecule has 1 heterocycles. The van der Waals surface area contributed by atoms with E-state index in [4.69, 9.17) is 5.14 Å². The first-order valence-corrected chi connectivity index (χ1v) is 6.15. The number of nitrogens with two attached hydrogens (primary N) is 1. The quantitative estimate of drug-likeness (QED) is 0.797. The predicted octanol–water partition coefficient (Wildman–Crippen LogP) is 1.40. The van der Waals surface area contributed by atoms with Crippen molar-refractivity contribution in [1.29, 1.82) is 0 Å². The maximum atomic E-state index is 11.2. The molecular formula is C11H10N2O2S. The van der Waals surface area contributed by atoms with Crippen LogP contribution in [0.5, 0.6) is 0 Å². The summed E-state index contributed by atoms with van der Waals surface area (Å²) in [6.45, 7) is 0. The highest BCUT2D eigenvalue weighted by Crippen LogP contribution is 2.18. The summed E-state index contributed by atoms with van der Waals surface area (Å²) in [7, 11) is -3.65. The molecule has 1 aromatic carbocycles. The fourth-order valence-corrected chi connectivity index (χ4v) is 1.94. The van der Waals surface area contributed by atoms with Crippen molar-refractivity contribution >= 4 is 28.4 Å². The lowest BCUT2D eigenvalue weighted by atomic mass is 10.1. The number of sulfonamides is 1. The standard InChI is InChI=1S/C11H10N2O2S/c12-16(14,15)11-4-3-9-5-7-13-6-1-2-10(9)8-11/h1-8H,(H2,12,14,15)/b2-1-,6-1?,7-5-,9-5?,10-2?,13-6-,13-7?. The second-order valence-electron chi connectivity index (χ2n) is 3.31. The number of benzene rings is 1. The number of aliphatic imine (C=N–C) groups is 1. The van der Waals surface area contributed by atoms with Gasteiger partial charge < -0.3 is 0 Å². The third-order valence-electron chi connectivity index (χ3n) is 2.17. The molecule has 0 saturated carbocycles. The summed E-state index contributed by atoms with van der Waals surface area (Å²) in [6, 6.07) is 4.74. The Hall–Kier alpha value is -1.72. The Bertz CT molecular complexity index is 598. The highest BCUT2D eigenvalue weighted by Gasteiger charge is 2.09. The number of hydrogen-bond donors (Lipinski definition) is 1. The van der Waals surface area contributed by atoms with Crippen molar-refractivity contribution in [3.63, 3.8) is 0 Å². The van der Waals surface area contributed by atoms with Crippen LogP contribution >= 0.6 is 0 Å². The van der Waals surface area contributed by atoms with Crippen molar-refractivity contribution in [2.45, 2.75) is 4.90 Å². The lowest BCUT2D eigenvalue weighted by molar-refractivity contribution is 0.598. The number of primary sulfonamides is 1. The van der Waals surface area contributed by atoms with Crippen molar-refractivity contribution in [3.8, 4) is 0 Å². The number of hydrogen-bond acceptors (Lipinski definition) is 3. The molecule has 0 unspecified atom stereocenters. The summed E-state index contributed by atoms with van der Waals surface area (Å²) in [5, 5.41) is 5.06. The van der Waals surface area contributed by atoms with E-state index in [1.54, 1.807) is 36.7 Å². The summed E-state index contributed by atoms with van der Waals surface area (Å²) in [4.78, 5) is 4.08. The maximum absolute atomic E-state index is 11.2. The molecule has 0 saturated heterocycles. The zero-order valence-electron chi connectivity index (χ0n) is 8.37. The molecule has 5 heteroatoms. The average Bonchev–Trinajstić information content (AvgIpc) is 2.16. The zero-order chi connectivity index (χ0) is 11.6. The Balaban J connectivity index is 2.59. The molecule has 1 aliphatic heterocycles. The summed E-state index contributed by atoms with van der Waals surface area (Å²) in [6.07, 6.45) is 8.62. The van der Waals surface area contributed by atoms with Crippen LogP contribution in [0.3, 0.4) is 0 Å². The first-order chi connectivity index (χ1) is 7.57. The number of rotatable bonds is 1. The van der Waals surface area contributed by atoms with Crippen LogP contribution in [0.15, 0.2) is 40.4 Å². The molecule has 0 fully saturated rings. The van der Waals surface area contributed by atoms with Gasteiger partial charge in [-0.2, -0.15) is 0 Å². The van der Waals surface area contributed by atoms with Gasteiger partial charge in [0.15, 0.2) is 0 Å². The molecule has 1 aromatic rings. The Morgan fingerprint density at radius 3 is 2.69 bits per heavy atom. The van der Waals surface area contributed by atoms with E-state index in [9.17, 15) is 8.42 Å². The molecule has 1 aliphatic rings. The van der Waals surface area contributed by atoms with E-state index < -0.39 is 10.0 Å². The van der Waals surface area contributed by atoms with Crippen LogP contribution < -0.4 is 5.14 Å². The van der Waals surface area contributed by atoms with E-state index in [2.05, 4.69) is 4.99 Å². The van der Waals surface area contributed by atoms with E-state index in [0.29, 0.717) is 0 Å². The van der Waals surface area contributed by atoms with Gasteiger partial charge in [-0.25, -0.2) is 13.6 Å². The van der Waals surface area contributed by atoms with E-state index in [-0.39, 0.29) is 4.90 Å². The van der Waals surface area contributed by atoms with E-state index in [1.807, 2.05) is 6.08 Å². The smallest absolute Gasteiger partial charge is 0.238 e. The third kappa shape index (κ3) is 2.26. The predicted molar refractivity (Wildman–Crippen MR) is 64.4 cm³/mol. The third-order valence-corrected chi connectivity index (χ3v) is 3.09. The van der Waals surface area contributed by atoms with Crippen LogP contribution in [0.25, 0.3) is 12.2 Å². The lowest BCUT2D eigenvalue weighted by Gasteiger charge is -2.05. The largest absolute Gasteiger partial charge is 0.265 e. The molecule has 82 valence electrons. The van der Waals surface area contributed by atoms with Gasteiger partial charge in [0.1, 0.15) is 0 Å². The average molecular weight is 234 g/mol. The highest BCUT2D eigenvalue weighted by atomic mass is 32.2. The monoisotopic (exact) mass is 234 g/mol. The van der Waals surface area contributed by atoms with E-state index >= 15 is 0 Å². The maximum Gasteiger partial charge on any atom is 0.238 e. The Morgan fingerprint density at radius 2 is 1.94 bits per heavy atom. The molecular weight excluding hydrogens is 224 g/mol. The molecule has 0 spiro atoms. The molecule has 0 aliphatic carbocycles. The zero-order valence-corrected chi connectivity index (χ0v) is 9.18. The summed E-state index contributed by atoms with van der Waals surface area (Å²) < 4.78 is 22.4. The van der Waals surface area contributed by atoms with Crippen molar-refractivity contribution in [2.24, 2.45) is 10.1 Å². The van der Waals surface area contributed by atoms with Crippen LogP contribution in [0.2, 0.25) is 0 Å².